The Bertz CT molecular complexity index is 1150. The molecule has 0 aliphatic heterocycles. The van der Waals surface area contributed by atoms with Crippen molar-refractivity contribution in [2.45, 2.75) is 32.7 Å². The third kappa shape index (κ3) is 6.59. The van der Waals surface area contributed by atoms with E-state index in [9.17, 15) is 34.8 Å². The maximum atomic E-state index is 13.1. The summed E-state index contributed by atoms with van der Waals surface area (Å²) in [5.41, 5.74) is -6.31. The van der Waals surface area contributed by atoms with Gasteiger partial charge in [-0.15, -0.1) is 11.8 Å². The van der Waals surface area contributed by atoms with E-state index in [0.717, 1.165) is 17.0 Å². The zero-order valence-electron chi connectivity index (χ0n) is 15.5. The fraction of sp³-hybridized carbons (Fsp3) is 0.235. The van der Waals surface area contributed by atoms with E-state index in [4.69, 9.17) is 10.2 Å². The van der Waals surface area contributed by atoms with Crippen LogP contribution >= 0.6 is 11.8 Å². The Morgan fingerprint density at radius 2 is 1.71 bits per heavy atom. The SMILES string of the molecule is NS(=O)(=O)c1ccc(N[C@H](CSc2ccccc2)CC(=O)O)c(S(=O)(=O)C(F)(F)F)c1. The second-order valence-corrected chi connectivity index (χ2v) is 10.8. The molecule has 14 heteroatoms. The molecule has 0 spiro atoms. The van der Waals surface area contributed by atoms with Crippen LogP contribution in [0.15, 0.2) is 63.2 Å². The third-order valence-electron chi connectivity index (χ3n) is 3.85. The largest absolute Gasteiger partial charge is 0.501 e. The van der Waals surface area contributed by atoms with Gasteiger partial charge in [0.05, 0.1) is 17.0 Å². The Hall–Kier alpha value is -2.29. The van der Waals surface area contributed by atoms with Crippen LogP contribution < -0.4 is 10.5 Å². The number of halogens is 3. The molecule has 0 fully saturated rings. The molecule has 0 saturated heterocycles. The van der Waals surface area contributed by atoms with Crippen molar-refractivity contribution in [3.05, 3.63) is 48.5 Å². The summed E-state index contributed by atoms with van der Waals surface area (Å²) in [6.07, 6.45) is -0.539. The minimum Gasteiger partial charge on any atom is -0.481 e. The highest BCUT2D eigenvalue weighted by atomic mass is 32.2. The molecule has 0 aromatic heterocycles. The predicted molar refractivity (Wildman–Crippen MR) is 108 cm³/mol. The average molecular weight is 499 g/mol. The number of primary sulfonamides is 1. The number of carboxylic acid groups (broad SMARTS) is 1. The lowest BCUT2D eigenvalue weighted by atomic mass is 10.2. The molecule has 4 N–H and O–H groups in total. The summed E-state index contributed by atoms with van der Waals surface area (Å²) in [6.45, 7) is 0. The van der Waals surface area contributed by atoms with Crippen LogP contribution in [-0.2, 0) is 24.7 Å². The van der Waals surface area contributed by atoms with E-state index in [1.54, 1.807) is 30.3 Å². The Kier molecular flexibility index (Phi) is 7.62. The zero-order chi connectivity index (χ0) is 23.4. The molecule has 0 amide bonds. The molecule has 0 radical (unpaired) electrons. The first kappa shape index (κ1) is 25.0. The number of thioether (sulfide) groups is 1. The van der Waals surface area contributed by atoms with E-state index in [1.807, 2.05) is 0 Å². The van der Waals surface area contributed by atoms with Gasteiger partial charge in [0.2, 0.25) is 10.0 Å². The number of benzene rings is 2. The minimum absolute atomic E-state index is 0.0682. The van der Waals surface area contributed by atoms with Gasteiger partial charge in [-0.2, -0.15) is 13.2 Å². The van der Waals surface area contributed by atoms with Gasteiger partial charge in [-0.1, -0.05) is 18.2 Å². The number of nitrogens with two attached hydrogens (primary N) is 1. The maximum absolute atomic E-state index is 13.1. The van der Waals surface area contributed by atoms with Gasteiger partial charge in [0.15, 0.2) is 0 Å². The predicted octanol–water partition coefficient (Wildman–Crippen LogP) is 2.68. The highest BCUT2D eigenvalue weighted by Gasteiger charge is 2.48. The van der Waals surface area contributed by atoms with Gasteiger partial charge in [0.1, 0.15) is 4.90 Å². The number of anilines is 1. The minimum atomic E-state index is -5.97. The topological polar surface area (TPSA) is 144 Å². The number of rotatable bonds is 9. The van der Waals surface area contributed by atoms with E-state index in [1.165, 1.54) is 11.8 Å². The van der Waals surface area contributed by atoms with Crippen molar-refractivity contribution in [3.8, 4) is 0 Å². The summed E-state index contributed by atoms with van der Waals surface area (Å²) < 4.78 is 86.5. The number of sulfonamides is 1. The van der Waals surface area contributed by atoms with Crippen LogP contribution in [0.3, 0.4) is 0 Å². The first-order valence-electron chi connectivity index (χ1n) is 8.36. The maximum Gasteiger partial charge on any atom is 0.501 e. The molecule has 2 aromatic carbocycles. The Labute approximate surface area is 180 Å². The number of hydrogen-bond acceptors (Lipinski definition) is 7. The average Bonchev–Trinajstić information content (AvgIpc) is 2.65. The van der Waals surface area contributed by atoms with Gasteiger partial charge < -0.3 is 10.4 Å². The van der Waals surface area contributed by atoms with Crippen LogP contribution in [0, 0.1) is 0 Å². The van der Waals surface area contributed by atoms with E-state index < -0.39 is 59.3 Å². The van der Waals surface area contributed by atoms with Gasteiger partial charge in [-0.3, -0.25) is 4.79 Å². The number of carbonyl (C=O) groups is 1. The Morgan fingerprint density at radius 3 is 2.23 bits per heavy atom. The summed E-state index contributed by atoms with van der Waals surface area (Å²) in [7, 11) is -10.5. The molecule has 0 heterocycles. The van der Waals surface area contributed by atoms with Crippen molar-refractivity contribution in [1.29, 1.82) is 0 Å². The molecule has 31 heavy (non-hydrogen) atoms. The molecule has 2 rings (SSSR count). The van der Waals surface area contributed by atoms with Gasteiger partial charge >= 0.3 is 11.5 Å². The van der Waals surface area contributed by atoms with E-state index >= 15 is 0 Å². The van der Waals surface area contributed by atoms with Gasteiger partial charge in [0, 0.05) is 16.7 Å². The number of alkyl halides is 3. The van der Waals surface area contributed by atoms with E-state index in [-0.39, 0.29) is 5.75 Å². The number of sulfone groups is 1. The molecule has 0 unspecified atom stereocenters. The smallest absolute Gasteiger partial charge is 0.481 e. The van der Waals surface area contributed by atoms with Crippen LogP contribution in [0.5, 0.6) is 0 Å². The summed E-state index contributed by atoms with van der Waals surface area (Å²) >= 11 is 1.20. The van der Waals surface area contributed by atoms with Crippen LogP contribution in [0.4, 0.5) is 18.9 Å². The molecule has 1 atom stereocenters. The van der Waals surface area contributed by atoms with Crippen LogP contribution in [0.25, 0.3) is 0 Å². The molecule has 0 aliphatic rings. The van der Waals surface area contributed by atoms with Gasteiger partial charge in [0.25, 0.3) is 9.84 Å². The Balaban J connectivity index is 2.46. The first-order valence-corrected chi connectivity index (χ1v) is 12.4. The fourth-order valence-electron chi connectivity index (χ4n) is 2.44. The van der Waals surface area contributed by atoms with Crippen LogP contribution in [0.1, 0.15) is 6.42 Å². The normalized spacial score (nSPS) is 13.5. The van der Waals surface area contributed by atoms with Crippen LogP contribution in [-0.4, -0.2) is 45.2 Å². The number of hydrogen-bond donors (Lipinski definition) is 3. The second kappa shape index (κ2) is 9.46. The highest BCUT2D eigenvalue weighted by Crippen LogP contribution is 2.36. The third-order valence-corrected chi connectivity index (χ3v) is 7.46. The Morgan fingerprint density at radius 1 is 1.10 bits per heavy atom. The number of carboxylic acids is 1. The van der Waals surface area contributed by atoms with Crippen molar-refractivity contribution >= 4 is 43.3 Å². The molecular formula is C17H17F3N2O6S3. The van der Waals surface area contributed by atoms with Crippen molar-refractivity contribution < 1.29 is 39.9 Å². The summed E-state index contributed by atoms with van der Waals surface area (Å²) in [4.78, 5) is 9.74. The molecule has 0 saturated carbocycles. The second-order valence-electron chi connectivity index (χ2n) is 6.22. The van der Waals surface area contributed by atoms with Crippen molar-refractivity contribution in [3.63, 3.8) is 0 Å². The fourth-order valence-corrected chi connectivity index (χ4v) is 4.95. The molecule has 0 aliphatic carbocycles. The first-order chi connectivity index (χ1) is 14.2. The standard InChI is InChI=1S/C17H17F3N2O6S3/c18-17(19,20)30(25,26)15-9-13(31(21,27)28)6-7-14(15)22-11(8-16(23)24)10-29-12-4-2-1-3-5-12/h1-7,9,11,22H,8,10H2,(H,23,24)(H2,21,27,28)/t11-/m0/s1. The zero-order valence-corrected chi connectivity index (χ0v) is 18.0. The van der Waals surface area contributed by atoms with Crippen LogP contribution in [0.2, 0.25) is 0 Å². The molecule has 170 valence electrons. The van der Waals surface area contributed by atoms with Crippen molar-refractivity contribution in [2.75, 3.05) is 11.1 Å². The van der Waals surface area contributed by atoms with Gasteiger partial charge in [-0.05, 0) is 30.3 Å². The summed E-state index contributed by atoms with van der Waals surface area (Å²) in [5.74, 6) is -1.20. The molecule has 8 nitrogen and oxygen atoms in total. The lowest BCUT2D eigenvalue weighted by Gasteiger charge is -2.21. The highest BCUT2D eigenvalue weighted by molar-refractivity contribution is 7.99. The summed E-state index contributed by atoms with van der Waals surface area (Å²) in [5, 5.41) is 16.5. The molecule has 0 bridgehead atoms. The quantitative estimate of drug-likeness (QED) is 0.448. The lowest BCUT2D eigenvalue weighted by molar-refractivity contribution is -0.137. The summed E-state index contributed by atoms with van der Waals surface area (Å²) in [6, 6.07) is 9.66. The number of nitrogens with one attached hydrogen (secondary N) is 1. The number of aliphatic carboxylic acids is 1. The monoisotopic (exact) mass is 498 g/mol. The van der Waals surface area contributed by atoms with E-state index in [0.29, 0.717) is 6.07 Å². The van der Waals surface area contributed by atoms with E-state index in [2.05, 4.69) is 5.32 Å². The lowest BCUT2D eigenvalue weighted by Crippen LogP contribution is -2.29. The van der Waals surface area contributed by atoms with Crippen molar-refractivity contribution in [2.24, 2.45) is 5.14 Å². The molecule has 2 aromatic rings. The molecular weight excluding hydrogens is 481 g/mol. The van der Waals surface area contributed by atoms with Gasteiger partial charge in [-0.25, -0.2) is 22.0 Å². The van der Waals surface area contributed by atoms with Crippen molar-refractivity contribution in [1.82, 2.24) is 0 Å².